The highest BCUT2D eigenvalue weighted by Gasteiger charge is 2.23. The van der Waals surface area contributed by atoms with Crippen LogP contribution in [-0.4, -0.2) is 16.7 Å². The summed E-state index contributed by atoms with van der Waals surface area (Å²) in [5.74, 6) is 0. The maximum Gasteiger partial charge on any atom is 0.134 e. The second-order valence-electron chi connectivity index (χ2n) is 4.99. The van der Waals surface area contributed by atoms with Gasteiger partial charge in [-0.05, 0) is 25.5 Å². The van der Waals surface area contributed by atoms with Crippen molar-refractivity contribution in [3.63, 3.8) is 0 Å². The summed E-state index contributed by atoms with van der Waals surface area (Å²) in [4.78, 5) is 0. The Morgan fingerprint density at radius 2 is 2.16 bits per heavy atom. The molecule has 0 radical (unpaired) electrons. The molecule has 1 fully saturated rings. The number of fused-ring (bicyclic) bond motifs is 1. The number of benzene rings is 1. The molecule has 0 amide bonds. The number of para-hydroxylation sites is 1. The van der Waals surface area contributed by atoms with Gasteiger partial charge in [-0.3, -0.25) is 5.10 Å². The van der Waals surface area contributed by atoms with Gasteiger partial charge in [0.05, 0.1) is 18.2 Å². The van der Waals surface area contributed by atoms with Crippen LogP contribution >= 0.6 is 0 Å². The summed E-state index contributed by atoms with van der Waals surface area (Å²) in [6, 6.07) is 8.49. The topological polar surface area (TPSA) is 53.9 Å². The fourth-order valence-electron chi connectivity index (χ4n) is 2.89. The SMILES string of the molecule is c1ccc2c(-c3cn[nH]c3C3CCCN3)coc2c1. The largest absolute Gasteiger partial charge is 0.464 e. The molecule has 2 aromatic heterocycles. The molecule has 1 aliphatic heterocycles. The van der Waals surface area contributed by atoms with Gasteiger partial charge in [-0.1, -0.05) is 18.2 Å². The Morgan fingerprint density at radius 3 is 3.05 bits per heavy atom. The Labute approximate surface area is 110 Å². The number of nitrogens with one attached hydrogen (secondary N) is 2. The molecule has 4 heteroatoms. The Morgan fingerprint density at radius 1 is 1.21 bits per heavy atom. The smallest absolute Gasteiger partial charge is 0.134 e. The van der Waals surface area contributed by atoms with E-state index in [1.807, 2.05) is 30.7 Å². The van der Waals surface area contributed by atoms with Crippen LogP contribution in [0.2, 0.25) is 0 Å². The van der Waals surface area contributed by atoms with Crippen LogP contribution in [0.15, 0.2) is 41.1 Å². The molecular formula is C15H15N3O. The van der Waals surface area contributed by atoms with Crippen LogP contribution in [0, 0.1) is 0 Å². The molecule has 1 aliphatic rings. The number of aromatic amines is 1. The first-order chi connectivity index (χ1) is 9.43. The lowest BCUT2D eigenvalue weighted by atomic mass is 10.0. The van der Waals surface area contributed by atoms with Crippen molar-refractivity contribution in [2.45, 2.75) is 18.9 Å². The first kappa shape index (κ1) is 10.8. The first-order valence-electron chi connectivity index (χ1n) is 6.67. The van der Waals surface area contributed by atoms with Crippen molar-refractivity contribution >= 4 is 11.0 Å². The lowest BCUT2D eigenvalue weighted by Gasteiger charge is -2.09. The molecule has 4 nitrogen and oxygen atoms in total. The standard InChI is InChI=1S/C15H15N3O/c1-2-6-14-10(4-1)12(9-19-14)11-8-17-18-15(11)13-5-3-7-16-13/h1-2,4,6,8-9,13,16H,3,5,7H2,(H,17,18). The van der Waals surface area contributed by atoms with Crippen LogP contribution in [0.25, 0.3) is 22.1 Å². The molecule has 1 aromatic carbocycles. The van der Waals surface area contributed by atoms with Gasteiger partial charge in [-0.2, -0.15) is 5.10 Å². The van der Waals surface area contributed by atoms with E-state index in [0.717, 1.165) is 35.1 Å². The zero-order valence-electron chi connectivity index (χ0n) is 10.5. The van der Waals surface area contributed by atoms with Gasteiger partial charge in [0.15, 0.2) is 0 Å². The Balaban J connectivity index is 1.86. The van der Waals surface area contributed by atoms with E-state index in [-0.39, 0.29) is 0 Å². The van der Waals surface area contributed by atoms with E-state index in [9.17, 15) is 0 Å². The van der Waals surface area contributed by atoms with Crippen LogP contribution in [0.3, 0.4) is 0 Å². The third-order valence-corrected chi connectivity index (χ3v) is 3.85. The van der Waals surface area contributed by atoms with E-state index < -0.39 is 0 Å². The lowest BCUT2D eigenvalue weighted by molar-refractivity contribution is 0.615. The van der Waals surface area contributed by atoms with E-state index in [4.69, 9.17) is 4.42 Å². The second-order valence-corrected chi connectivity index (χ2v) is 4.99. The number of hydrogen-bond donors (Lipinski definition) is 2. The molecule has 1 unspecified atom stereocenters. The van der Waals surface area contributed by atoms with Gasteiger partial charge in [0.25, 0.3) is 0 Å². The molecule has 4 rings (SSSR count). The molecule has 96 valence electrons. The molecule has 3 aromatic rings. The van der Waals surface area contributed by atoms with Gasteiger partial charge in [0.2, 0.25) is 0 Å². The number of H-pyrrole nitrogens is 1. The minimum absolute atomic E-state index is 0.381. The van der Waals surface area contributed by atoms with Crippen molar-refractivity contribution in [3.8, 4) is 11.1 Å². The van der Waals surface area contributed by atoms with Gasteiger partial charge in [-0.15, -0.1) is 0 Å². The normalized spacial score (nSPS) is 19.3. The third kappa shape index (κ3) is 1.68. The average Bonchev–Trinajstić information content (AvgIpc) is 3.17. The van der Waals surface area contributed by atoms with Crippen molar-refractivity contribution < 1.29 is 4.42 Å². The summed E-state index contributed by atoms with van der Waals surface area (Å²) in [6.07, 6.45) is 6.10. The summed E-state index contributed by atoms with van der Waals surface area (Å²) >= 11 is 0. The summed E-state index contributed by atoms with van der Waals surface area (Å²) in [6.45, 7) is 1.08. The molecule has 3 heterocycles. The van der Waals surface area contributed by atoms with Gasteiger partial charge < -0.3 is 9.73 Å². The predicted octanol–water partition coefficient (Wildman–Crippen LogP) is 3.25. The maximum atomic E-state index is 5.63. The quantitative estimate of drug-likeness (QED) is 0.737. The number of hydrogen-bond acceptors (Lipinski definition) is 3. The fourth-order valence-corrected chi connectivity index (χ4v) is 2.89. The van der Waals surface area contributed by atoms with Crippen molar-refractivity contribution in [1.29, 1.82) is 0 Å². The highest BCUT2D eigenvalue weighted by atomic mass is 16.3. The number of furan rings is 1. The van der Waals surface area contributed by atoms with Crippen molar-refractivity contribution in [2.75, 3.05) is 6.54 Å². The first-order valence-corrected chi connectivity index (χ1v) is 6.67. The molecule has 0 spiro atoms. The van der Waals surface area contributed by atoms with Crippen LogP contribution in [-0.2, 0) is 0 Å². The van der Waals surface area contributed by atoms with Crippen molar-refractivity contribution in [2.24, 2.45) is 0 Å². The second kappa shape index (κ2) is 4.24. The Bertz CT molecular complexity index is 707. The lowest BCUT2D eigenvalue weighted by Crippen LogP contribution is -2.13. The zero-order valence-corrected chi connectivity index (χ0v) is 10.5. The Kier molecular flexibility index (Phi) is 2.42. The summed E-state index contributed by atoms with van der Waals surface area (Å²) in [5, 5.41) is 12.0. The molecule has 0 aliphatic carbocycles. The van der Waals surface area contributed by atoms with Crippen LogP contribution in [0.4, 0.5) is 0 Å². The summed E-state index contributed by atoms with van der Waals surface area (Å²) in [7, 11) is 0. The average molecular weight is 253 g/mol. The molecule has 2 N–H and O–H groups in total. The van der Waals surface area contributed by atoms with Gasteiger partial charge >= 0.3 is 0 Å². The van der Waals surface area contributed by atoms with E-state index >= 15 is 0 Å². The molecular weight excluding hydrogens is 238 g/mol. The van der Waals surface area contributed by atoms with E-state index in [2.05, 4.69) is 21.6 Å². The van der Waals surface area contributed by atoms with E-state index in [1.165, 1.54) is 12.1 Å². The van der Waals surface area contributed by atoms with Gasteiger partial charge in [-0.25, -0.2) is 0 Å². The molecule has 0 bridgehead atoms. The van der Waals surface area contributed by atoms with Crippen LogP contribution in [0.5, 0.6) is 0 Å². The van der Waals surface area contributed by atoms with E-state index in [0.29, 0.717) is 6.04 Å². The van der Waals surface area contributed by atoms with Crippen LogP contribution < -0.4 is 5.32 Å². The molecule has 1 saturated heterocycles. The number of rotatable bonds is 2. The third-order valence-electron chi connectivity index (χ3n) is 3.85. The van der Waals surface area contributed by atoms with Gasteiger partial charge in [0.1, 0.15) is 5.58 Å². The molecule has 19 heavy (non-hydrogen) atoms. The highest BCUT2D eigenvalue weighted by molar-refractivity contribution is 5.94. The zero-order chi connectivity index (χ0) is 12.7. The molecule has 1 atom stereocenters. The van der Waals surface area contributed by atoms with Crippen molar-refractivity contribution in [1.82, 2.24) is 15.5 Å². The van der Waals surface area contributed by atoms with Gasteiger partial charge in [0, 0.05) is 22.6 Å². The Hall–Kier alpha value is -2.07. The monoisotopic (exact) mass is 253 g/mol. The molecule has 0 saturated carbocycles. The van der Waals surface area contributed by atoms with Crippen LogP contribution in [0.1, 0.15) is 24.6 Å². The number of aromatic nitrogens is 2. The van der Waals surface area contributed by atoms with Crippen molar-refractivity contribution in [3.05, 3.63) is 42.4 Å². The highest BCUT2D eigenvalue weighted by Crippen LogP contribution is 2.35. The fraction of sp³-hybridized carbons (Fsp3) is 0.267. The summed E-state index contributed by atoms with van der Waals surface area (Å²) in [5.41, 5.74) is 4.35. The van der Waals surface area contributed by atoms with E-state index in [1.54, 1.807) is 0 Å². The number of nitrogens with zero attached hydrogens (tertiary/aromatic N) is 1. The predicted molar refractivity (Wildman–Crippen MR) is 73.8 cm³/mol. The maximum absolute atomic E-state index is 5.63. The minimum Gasteiger partial charge on any atom is -0.464 e. The minimum atomic E-state index is 0.381. The summed E-state index contributed by atoms with van der Waals surface area (Å²) < 4.78 is 5.63.